The molecule has 5 N–H and O–H groups in total. The summed E-state index contributed by atoms with van der Waals surface area (Å²) >= 11 is 0. The second-order valence-corrected chi connectivity index (χ2v) is 4.67. The van der Waals surface area contributed by atoms with Crippen LogP contribution in [0, 0.1) is 0 Å². The van der Waals surface area contributed by atoms with Crippen LogP contribution in [0.1, 0.15) is 12.5 Å². The highest BCUT2D eigenvalue weighted by Crippen LogP contribution is 2.13. The molecule has 0 spiro atoms. The average molecular weight is 350 g/mol. The third-order valence-corrected chi connectivity index (χ3v) is 2.61. The summed E-state index contributed by atoms with van der Waals surface area (Å²) in [7, 11) is 0. The van der Waals surface area contributed by atoms with Crippen molar-refractivity contribution < 1.29 is 37.8 Å². The van der Waals surface area contributed by atoms with Crippen molar-refractivity contribution in [3.63, 3.8) is 0 Å². The Morgan fingerprint density at radius 1 is 1.17 bits per heavy atom. The fourth-order valence-corrected chi connectivity index (χ4v) is 1.34. The van der Waals surface area contributed by atoms with Crippen LogP contribution in [-0.2, 0) is 20.8 Å². The minimum Gasteiger partial charge on any atom is -0.480 e. The van der Waals surface area contributed by atoms with Gasteiger partial charge in [-0.2, -0.15) is 13.2 Å². The Morgan fingerprint density at radius 3 is 2.00 bits per heavy atom. The maximum Gasteiger partial charge on any atom is 0.490 e. The molecule has 134 valence electrons. The zero-order valence-corrected chi connectivity index (χ0v) is 12.6. The number of benzene rings is 1. The quantitative estimate of drug-likeness (QED) is 0.621. The predicted molar refractivity (Wildman–Crippen MR) is 77.1 cm³/mol. The van der Waals surface area contributed by atoms with Gasteiger partial charge in [0.2, 0.25) is 5.91 Å². The van der Waals surface area contributed by atoms with E-state index < -0.39 is 36.1 Å². The third kappa shape index (κ3) is 8.73. The minimum absolute atomic E-state index is 0.388. The molecule has 0 saturated heterocycles. The van der Waals surface area contributed by atoms with Crippen molar-refractivity contribution in [2.45, 2.75) is 31.6 Å². The molecule has 0 bridgehead atoms. The van der Waals surface area contributed by atoms with Crippen molar-refractivity contribution in [3.8, 4) is 0 Å². The highest BCUT2D eigenvalue weighted by atomic mass is 19.4. The first-order chi connectivity index (χ1) is 10.9. The summed E-state index contributed by atoms with van der Waals surface area (Å²) in [5.74, 6) is -4.29. The second-order valence-electron chi connectivity index (χ2n) is 4.67. The van der Waals surface area contributed by atoms with Gasteiger partial charge in [-0.1, -0.05) is 30.3 Å². The van der Waals surface area contributed by atoms with E-state index in [4.69, 9.17) is 20.7 Å². The number of halogens is 3. The van der Waals surface area contributed by atoms with Crippen LogP contribution in [-0.4, -0.2) is 46.3 Å². The van der Waals surface area contributed by atoms with Gasteiger partial charge in [-0.15, -0.1) is 0 Å². The van der Waals surface area contributed by atoms with Gasteiger partial charge in [-0.25, -0.2) is 4.79 Å². The maximum atomic E-state index is 11.6. The van der Waals surface area contributed by atoms with E-state index >= 15 is 0 Å². The van der Waals surface area contributed by atoms with Gasteiger partial charge >= 0.3 is 18.1 Å². The number of amides is 1. The molecule has 0 aliphatic heterocycles. The number of carboxylic acids is 2. The van der Waals surface area contributed by atoms with Gasteiger partial charge in [0.1, 0.15) is 6.04 Å². The molecular formula is C14H17F3N2O5. The van der Waals surface area contributed by atoms with E-state index in [0.29, 0.717) is 6.42 Å². The van der Waals surface area contributed by atoms with Crippen molar-refractivity contribution >= 4 is 17.8 Å². The molecule has 1 amide bonds. The summed E-state index contributed by atoms with van der Waals surface area (Å²) in [5.41, 5.74) is 6.64. The van der Waals surface area contributed by atoms with Crippen LogP contribution in [0.4, 0.5) is 13.2 Å². The first-order valence-corrected chi connectivity index (χ1v) is 6.58. The molecule has 0 aromatic heterocycles. The van der Waals surface area contributed by atoms with E-state index in [2.05, 4.69) is 5.32 Å². The Kier molecular flexibility index (Phi) is 8.47. The number of rotatable bonds is 5. The van der Waals surface area contributed by atoms with Crippen LogP contribution < -0.4 is 11.1 Å². The molecule has 1 aromatic carbocycles. The lowest BCUT2D eigenvalue weighted by molar-refractivity contribution is -0.192. The number of alkyl halides is 3. The molecule has 0 aliphatic rings. The van der Waals surface area contributed by atoms with Crippen molar-refractivity contribution in [2.24, 2.45) is 5.73 Å². The number of carbonyl (C=O) groups is 3. The average Bonchev–Trinajstić information content (AvgIpc) is 2.47. The molecule has 1 aromatic rings. The second kappa shape index (κ2) is 9.50. The number of nitrogens with one attached hydrogen (secondary N) is 1. The first kappa shape index (κ1) is 21.4. The van der Waals surface area contributed by atoms with Gasteiger partial charge in [-0.3, -0.25) is 9.59 Å². The standard InChI is InChI=1S/C12H16N2O3.C2HF3O2/c1-8(12(16)17)14-11(15)10(13)7-9-5-3-2-4-6-9;3-2(4,5)1(6)7/h2-6,8,10H,7,13H2,1H3,(H,14,15)(H,16,17);(H,6,7)/t8?,10-;/m0./s1. The number of carbonyl (C=O) groups excluding carboxylic acids is 1. The van der Waals surface area contributed by atoms with E-state index in [1.165, 1.54) is 6.92 Å². The van der Waals surface area contributed by atoms with Gasteiger partial charge in [0, 0.05) is 0 Å². The smallest absolute Gasteiger partial charge is 0.480 e. The normalized spacial score (nSPS) is 13.0. The Bertz CT molecular complexity index is 563. The van der Waals surface area contributed by atoms with Gasteiger partial charge in [0.05, 0.1) is 6.04 Å². The zero-order chi connectivity index (χ0) is 18.9. The summed E-state index contributed by atoms with van der Waals surface area (Å²) in [5, 5.41) is 18.1. The highest BCUT2D eigenvalue weighted by molar-refractivity contribution is 5.86. The van der Waals surface area contributed by atoms with Crippen molar-refractivity contribution in [2.75, 3.05) is 0 Å². The van der Waals surface area contributed by atoms with Crippen molar-refractivity contribution in [3.05, 3.63) is 35.9 Å². The molecule has 0 heterocycles. The van der Waals surface area contributed by atoms with E-state index in [1.807, 2.05) is 30.3 Å². The number of carboxylic acid groups (broad SMARTS) is 2. The number of nitrogens with two attached hydrogens (primary N) is 1. The monoisotopic (exact) mass is 350 g/mol. The van der Waals surface area contributed by atoms with Crippen LogP contribution in [0.3, 0.4) is 0 Å². The zero-order valence-electron chi connectivity index (χ0n) is 12.6. The van der Waals surface area contributed by atoms with E-state index in [9.17, 15) is 22.8 Å². The van der Waals surface area contributed by atoms with Crippen LogP contribution in [0.25, 0.3) is 0 Å². The van der Waals surface area contributed by atoms with Gasteiger partial charge < -0.3 is 21.3 Å². The number of hydrogen-bond donors (Lipinski definition) is 4. The fourth-order valence-electron chi connectivity index (χ4n) is 1.34. The Hall–Kier alpha value is -2.62. The Balaban J connectivity index is 0.000000640. The van der Waals surface area contributed by atoms with E-state index in [0.717, 1.165) is 5.56 Å². The summed E-state index contributed by atoms with van der Waals surface area (Å²) in [6.07, 6.45) is -4.70. The summed E-state index contributed by atoms with van der Waals surface area (Å²) in [4.78, 5) is 31.0. The predicted octanol–water partition coefficient (Wildman–Crippen LogP) is 0.779. The van der Waals surface area contributed by atoms with Gasteiger partial charge in [-0.05, 0) is 18.9 Å². The van der Waals surface area contributed by atoms with E-state index in [1.54, 1.807) is 0 Å². The Morgan fingerprint density at radius 2 is 1.62 bits per heavy atom. The number of aliphatic carboxylic acids is 2. The molecule has 0 radical (unpaired) electrons. The molecule has 7 nitrogen and oxygen atoms in total. The number of hydrogen-bond acceptors (Lipinski definition) is 4. The minimum atomic E-state index is -5.08. The topological polar surface area (TPSA) is 130 Å². The maximum absolute atomic E-state index is 11.6. The molecule has 0 fully saturated rings. The van der Waals surface area contributed by atoms with Crippen LogP contribution in [0.2, 0.25) is 0 Å². The first-order valence-electron chi connectivity index (χ1n) is 6.58. The largest absolute Gasteiger partial charge is 0.490 e. The molecule has 1 rings (SSSR count). The summed E-state index contributed by atoms with van der Waals surface area (Å²) in [6.45, 7) is 1.40. The molecule has 24 heavy (non-hydrogen) atoms. The lowest BCUT2D eigenvalue weighted by Gasteiger charge is -2.14. The van der Waals surface area contributed by atoms with Crippen LogP contribution >= 0.6 is 0 Å². The van der Waals surface area contributed by atoms with Gasteiger partial charge in [0.25, 0.3) is 0 Å². The molecular weight excluding hydrogens is 333 g/mol. The lowest BCUT2D eigenvalue weighted by Crippen LogP contribution is -2.47. The van der Waals surface area contributed by atoms with Crippen LogP contribution in [0.15, 0.2) is 30.3 Å². The van der Waals surface area contributed by atoms with Gasteiger partial charge in [0.15, 0.2) is 0 Å². The highest BCUT2D eigenvalue weighted by Gasteiger charge is 2.38. The van der Waals surface area contributed by atoms with E-state index in [-0.39, 0.29) is 0 Å². The summed E-state index contributed by atoms with van der Waals surface area (Å²) in [6, 6.07) is 7.67. The lowest BCUT2D eigenvalue weighted by atomic mass is 10.1. The molecule has 0 aliphatic carbocycles. The third-order valence-electron chi connectivity index (χ3n) is 2.61. The molecule has 1 unspecified atom stereocenters. The molecule has 2 atom stereocenters. The van der Waals surface area contributed by atoms with Crippen molar-refractivity contribution in [1.29, 1.82) is 0 Å². The fraction of sp³-hybridized carbons (Fsp3) is 0.357. The Labute approximate surface area is 135 Å². The molecule has 0 saturated carbocycles. The van der Waals surface area contributed by atoms with Crippen molar-refractivity contribution in [1.82, 2.24) is 5.32 Å². The summed E-state index contributed by atoms with van der Waals surface area (Å²) < 4.78 is 31.7. The van der Waals surface area contributed by atoms with Crippen LogP contribution in [0.5, 0.6) is 0 Å². The SMILES string of the molecule is CC(NC(=O)[C@@H](N)Cc1ccccc1)C(=O)O.O=C(O)C(F)(F)F. The molecule has 10 heteroatoms.